The molecule has 1 aromatic rings. The lowest BCUT2D eigenvalue weighted by Gasteiger charge is -2.19. The molecule has 0 saturated heterocycles. The van der Waals surface area contributed by atoms with E-state index in [-0.39, 0.29) is 11.7 Å². The molecule has 2 unspecified atom stereocenters. The van der Waals surface area contributed by atoms with Crippen molar-refractivity contribution in [3.05, 3.63) is 18.0 Å². The van der Waals surface area contributed by atoms with Crippen molar-refractivity contribution in [2.45, 2.75) is 25.3 Å². The number of nitrogens with two attached hydrogens (primary N) is 1. The summed E-state index contributed by atoms with van der Waals surface area (Å²) in [5.41, 5.74) is 5.93. The van der Waals surface area contributed by atoms with Gasteiger partial charge in [0.1, 0.15) is 5.69 Å². The maximum absolute atomic E-state index is 10.9. The van der Waals surface area contributed by atoms with Gasteiger partial charge in [0.25, 0.3) is 0 Å². The summed E-state index contributed by atoms with van der Waals surface area (Å²) in [6.45, 7) is 0.601. The molecule has 1 heterocycles. The summed E-state index contributed by atoms with van der Waals surface area (Å²) in [6.07, 6.45) is 4.69. The van der Waals surface area contributed by atoms with E-state index in [1.165, 1.54) is 12.3 Å². The Bertz CT molecular complexity index is 361. The number of carbonyl (C=O) groups is 1. The van der Waals surface area contributed by atoms with Crippen LogP contribution in [0.15, 0.2) is 12.3 Å². The van der Waals surface area contributed by atoms with E-state index in [1.807, 2.05) is 0 Å². The zero-order valence-corrected chi connectivity index (χ0v) is 8.47. The maximum Gasteiger partial charge on any atom is 0.354 e. The zero-order chi connectivity index (χ0) is 10.8. The van der Waals surface area contributed by atoms with Crippen molar-refractivity contribution in [3.8, 4) is 0 Å². The number of carboxylic acids is 1. The fourth-order valence-electron chi connectivity index (χ4n) is 2.36. The fourth-order valence-corrected chi connectivity index (χ4v) is 2.36. The van der Waals surface area contributed by atoms with Gasteiger partial charge in [-0.1, -0.05) is 6.42 Å². The van der Waals surface area contributed by atoms with E-state index in [1.54, 1.807) is 4.68 Å². The van der Waals surface area contributed by atoms with Gasteiger partial charge in [-0.25, -0.2) is 4.79 Å². The van der Waals surface area contributed by atoms with Gasteiger partial charge < -0.3 is 10.8 Å². The van der Waals surface area contributed by atoms with Crippen LogP contribution in [0, 0.1) is 5.92 Å². The van der Waals surface area contributed by atoms with Crippen molar-refractivity contribution >= 4 is 5.97 Å². The molecule has 0 radical (unpaired) electrons. The number of aromatic nitrogens is 2. The monoisotopic (exact) mass is 209 g/mol. The van der Waals surface area contributed by atoms with Crippen LogP contribution in [-0.4, -0.2) is 27.4 Å². The molecule has 3 N–H and O–H groups in total. The molecule has 1 aromatic heterocycles. The second-order valence-corrected chi connectivity index (χ2v) is 3.96. The van der Waals surface area contributed by atoms with E-state index in [0.717, 1.165) is 19.3 Å². The Labute approximate surface area is 87.9 Å². The highest BCUT2D eigenvalue weighted by Crippen LogP contribution is 2.35. The van der Waals surface area contributed by atoms with Crippen molar-refractivity contribution in [1.82, 2.24) is 9.78 Å². The number of hydrogen-bond donors (Lipinski definition) is 2. The first-order chi connectivity index (χ1) is 7.24. The first-order valence-electron chi connectivity index (χ1n) is 5.21. The third kappa shape index (κ3) is 1.74. The van der Waals surface area contributed by atoms with Crippen LogP contribution in [0.2, 0.25) is 0 Å². The fraction of sp³-hybridized carbons (Fsp3) is 0.600. The SMILES string of the molecule is NCC1CCCC1n1nccc1C(=O)O. The molecule has 15 heavy (non-hydrogen) atoms. The smallest absolute Gasteiger partial charge is 0.354 e. The Morgan fingerprint density at radius 1 is 1.67 bits per heavy atom. The molecule has 0 spiro atoms. The quantitative estimate of drug-likeness (QED) is 0.774. The highest BCUT2D eigenvalue weighted by atomic mass is 16.4. The summed E-state index contributed by atoms with van der Waals surface area (Å²) in [5.74, 6) is -0.557. The van der Waals surface area contributed by atoms with Gasteiger partial charge in [0.05, 0.1) is 6.04 Å². The van der Waals surface area contributed by atoms with Crippen LogP contribution in [0.3, 0.4) is 0 Å². The largest absolute Gasteiger partial charge is 0.477 e. The van der Waals surface area contributed by atoms with Crippen LogP contribution in [0.5, 0.6) is 0 Å². The van der Waals surface area contributed by atoms with Crippen molar-refractivity contribution in [3.63, 3.8) is 0 Å². The summed E-state index contributed by atoms with van der Waals surface area (Å²) in [4.78, 5) is 10.9. The van der Waals surface area contributed by atoms with Gasteiger partial charge in [0, 0.05) is 6.20 Å². The Morgan fingerprint density at radius 2 is 2.47 bits per heavy atom. The highest BCUT2D eigenvalue weighted by Gasteiger charge is 2.30. The number of aromatic carboxylic acids is 1. The molecule has 0 bridgehead atoms. The third-order valence-corrected chi connectivity index (χ3v) is 3.13. The second kappa shape index (κ2) is 4.02. The van der Waals surface area contributed by atoms with Crippen molar-refractivity contribution in [2.75, 3.05) is 6.54 Å². The summed E-state index contributed by atoms with van der Waals surface area (Å²) in [6, 6.07) is 1.70. The summed E-state index contributed by atoms with van der Waals surface area (Å²) >= 11 is 0. The van der Waals surface area contributed by atoms with Gasteiger partial charge in [0.2, 0.25) is 0 Å². The topological polar surface area (TPSA) is 81.1 Å². The van der Waals surface area contributed by atoms with E-state index in [4.69, 9.17) is 10.8 Å². The predicted octanol–water partition coefficient (Wildman–Crippen LogP) is 0.881. The van der Waals surface area contributed by atoms with Crippen LogP contribution in [-0.2, 0) is 0 Å². The van der Waals surface area contributed by atoms with Crippen LogP contribution in [0.1, 0.15) is 35.8 Å². The molecule has 5 nitrogen and oxygen atoms in total. The first kappa shape index (κ1) is 10.2. The minimum absolute atomic E-state index is 0.163. The molecule has 0 amide bonds. The van der Waals surface area contributed by atoms with Gasteiger partial charge in [-0.3, -0.25) is 4.68 Å². The van der Waals surface area contributed by atoms with E-state index < -0.39 is 5.97 Å². The number of carboxylic acid groups (broad SMARTS) is 1. The van der Waals surface area contributed by atoms with Gasteiger partial charge in [-0.2, -0.15) is 5.10 Å². The molecule has 2 atom stereocenters. The van der Waals surface area contributed by atoms with Crippen LogP contribution in [0.4, 0.5) is 0 Å². The van der Waals surface area contributed by atoms with Gasteiger partial charge in [0.15, 0.2) is 0 Å². The van der Waals surface area contributed by atoms with Crippen LogP contribution >= 0.6 is 0 Å². The Hall–Kier alpha value is -1.36. The lowest BCUT2D eigenvalue weighted by molar-refractivity contribution is 0.0678. The zero-order valence-electron chi connectivity index (χ0n) is 8.47. The predicted molar refractivity (Wildman–Crippen MR) is 54.6 cm³/mol. The lowest BCUT2D eigenvalue weighted by atomic mass is 10.0. The van der Waals surface area contributed by atoms with Crippen molar-refractivity contribution in [1.29, 1.82) is 0 Å². The number of hydrogen-bond acceptors (Lipinski definition) is 3. The summed E-state index contributed by atoms with van der Waals surface area (Å²) in [7, 11) is 0. The molecule has 1 aliphatic rings. The summed E-state index contributed by atoms with van der Waals surface area (Å²) in [5, 5.41) is 13.1. The minimum atomic E-state index is -0.921. The van der Waals surface area contributed by atoms with Crippen LogP contribution < -0.4 is 5.73 Å². The molecule has 0 aromatic carbocycles. The first-order valence-corrected chi connectivity index (χ1v) is 5.21. The normalized spacial score (nSPS) is 25.7. The molecule has 5 heteroatoms. The lowest BCUT2D eigenvalue weighted by Crippen LogP contribution is -2.24. The molecular weight excluding hydrogens is 194 g/mol. The Morgan fingerprint density at radius 3 is 3.13 bits per heavy atom. The van der Waals surface area contributed by atoms with E-state index >= 15 is 0 Å². The van der Waals surface area contributed by atoms with Gasteiger partial charge in [-0.15, -0.1) is 0 Å². The van der Waals surface area contributed by atoms with E-state index in [9.17, 15) is 4.79 Å². The minimum Gasteiger partial charge on any atom is -0.477 e. The molecule has 1 saturated carbocycles. The highest BCUT2D eigenvalue weighted by molar-refractivity contribution is 5.85. The molecular formula is C10H15N3O2. The average molecular weight is 209 g/mol. The maximum atomic E-state index is 10.9. The molecule has 0 aliphatic heterocycles. The molecule has 1 fully saturated rings. The third-order valence-electron chi connectivity index (χ3n) is 3.13. The van der Waals surface area contributed by atoms with Crippen molar-refractivity contribution in [2.24, 2.45) is 11.7 Å². The van der Waals surface area contributed by atoms with E-state index in [0.29, 0.717) is 12.5 Å². The average Bonchev–Trinajstić information content (AvgIpc) is 2.85. The Kier molecular flexibility index (Phi) is 2.73. The van der Waals surface area contributed by atoms with E-state index in [2.05, 4.69) is 5.10 Å². The van der Waals surface area contributed by atoms with Crippen molar-refractivity contribution < 1.29 is 9.90 Å². The second-order valence-electron chi connectivity index (χ2n) is 3.96. The summed E-state index contributed by atoms with van der Waals surface area (Å²) < 4.78 is 1.62. The number of nitrogens with zero attached hydrogens (tertiary/aromatic N) is 2. The molecule has 2 rings (SSSR count). The van der Waals surface area contributed by atoms with Gasteiger partial charge >= 0.3 is 5.97 Å². The van der Waals surface area contributed by atoms with Gasteiger partial charge in [-0.05, 0) is 31.4 Å². The van der Waals surface area contributed by atoms with Crippen LogP contribution in [0.25, 0.3) is 0 Å². The number of rotatable bonds is 3. The molecule has 1 aliphatic carbocycles. The Balaban J connectivity index is 2.28. The molecule has 82 valence electrons. The standard InChI is InChI=1S/C10H15N3O2/c11-6-7-2-1-3-8(7)13-9(10(14)15)4-5-12-13/h4-5,7-8H,1-3,6,11H2,(H,14,15).